The van der Waals surface area contributed by atoms with Crippen LogP contribution in [-0.2, 0) is 0 Å². The molecular formula is C26H56. The van der Waals surface area contributed by atoms with Crippen molar-refractivity contribution in [3.63, 3.8) is 0 Å². The van der Waals surface area contributed by atoms with Crippen LogP contribution in [0, 0.1) is 47.3 Å². The van der Waals surface area contributed by atoms with E-state index >= 15 is 0 Å². The molecule has 0 nitrogen and oxygen atoms in total. The summed E-state index contributed by atoms with van der Waals surface area (Å²) >= 11 is 0. The second-order valence-electron chi connectivity index (χ2n) is 9.32. The second kappa shape index (κ2) is 15.0. The summed E-state index contributed by atoms with van der Waals surface area (Å²) in [4.78, 5) is 0. The minimum absolute atomic E-state index is 0. The summed E-state index contributed by atoms with van der Waals surface area (Å²) in [6, 6.07) is 0. The third-order valence-corrected chi connectivity index (χ3v) is 7.48. The maximum Gasteiger partial charge on any atom is -0.0360 e. The van der Waals surface area contributed by atoms with E-state index in [1.54, 1.807) is 0 Å². The molecule has 0 saturated heterocycles. The van der Waals surface area contributed by atoms with Crippen molar-refractivity contribution in [3.8, 4) is 0 Å². The van der Waals surface area contributed by atoms with Crippen molar-refractivity contribution < 1.29 is 0 Å². The fraction of sp³-hybridized carbons (Fsp3) is 1.00. The fourth-order valence-electron chi connectivity index (χ4n) is 5.56. The molecule has 0 bridgehead atoms. The molecule has 0 heteroatoms. The van der Waals surface area contributed by atoms with E-state index in [9.17, 15) is 0 Å². The lowest BCUT2D eigenvalue weighted by atomic mass is 9.61. The van der Waals surface area contributed by atoms with E-state index in [-0.39, 0.29) is 7.43 Å². The Balaban J connectivity index is 0. The summed E-state index contributed by atoms with van der Waals surface area (Å²) in [6.07, 6.45) is 10.1. The summed E-state index contributed by atoms with van der Waals surface area (Å²) in [6.45, 7) is 23.5. The van der Waals surface area contributed by atoms with Gasteiger partial charge in [-0.05, 0) is 66.6 Å². The van der Waals surface area contributed by atoms with E-state index in [2.05, 4.69) is 55.4 Å². The Morgan fingerprint density at radius 1 is 0.808 bits per heavy atom. The van der Waals surface area contributed by atoms with Gasteiger partial charge in [0.15, 0.2) is 0 Å². The predicted molar refractivity (Wildman–Crippen MR) is 124 cm³/mol. The monoisotopic (exact) mass is 368 g/mol. The summed E-state index contributed by atoms with van der Waals surface area (Å²) in [5.74, 6) is 7.56. The van der Waals surface area contributed by atoms with Gasteiger partial charge in [-0.1, -0.05) is 102 Å². The average Bonchev–Trinajstić information content (AvgIpc) is 2.57. The third kappa shape index (κ3) is 8.35. The van der Waals surface area contributed by atoms with Crippen molar-refractivity contribution in [1.82, 2.24) is 0 Å². The minimum Gasteiger partial charge on any atom is -0.0776 e. The Labute approximate surface area is 169 Å². The molecule has 1 aliphatic carbocycles. The highest BCUT2D eigenvalue weighted by Gasteiger charge is 2.37. The van der Waals surface area contributed by atoms with Crippen LogP contribution in [0.3, 0.4) is 0 Å². The van der Waals surface area contributed by atoms with Crippen molar-refractivity contribution in [1.29, 1.82) is 0 Å². The number of hydrogen-bond acceptors (Lipinski definition) is 0. The zero-order valence-corrected chi connectivity index (χ0v) is 19.6. The van der Waals surface area contributed by atoms with Crippen LogP contribution in [-0.4, -0.2) is 0 Å². The van der Waals surface area contributed by atoms with Crippen LogP contribution < -0.4 is 0 Å². The van der Waals surface area contributed by atoms with E-state index in [1.807, 2.05) is 13.8 Å². The van der Waals surface area contributed by atoms with Gasteiger partial charge in [0.05, 0.1) is 0 Å². The Bertz CT molecular complexity index is 299. The highest BCUT2D eigenvalue weighted by atomic mass is 14.4. The van der Waals surface area contributed by atoms with Gasteiger partial charge >= 0.3 is 0 Å². The first-order chi connectivity index (χ1) is 11.8. The standard InChI is InChI=1S/C23H46.C2H6.CH4/c1-9-12-23(17(6)10-2)21-14-20(15-21)13-18(7)19(8)22(11-3)16(4)5;1-2;/h16-23H,9-15H2,1-8H3;1-2H3;1H4. The molecule has 0 heterocycles. The van der Waals surface area contributed by atoms with Crippen molar-refractivity contribution >= 4 is 0 Å². The van der Waals surface area contributed by atoms with Gasteiger partial charge in [-0.25, -0.2) is 0 Å². The van der Waals surface area contributed by atoms with Crippen LogP contribution in [0.25, 0.3) is 0 Å². The molecule has 1 saturated carbocycles. The van der Waals surface area contributed by atoms with Crippen molar-refractivity contribution in [3.05, 3.63) is 0 Å². The average molecular weight is 369 g/mol. The van der Waals surface area contributed by atoms with E-state index in [4.69, 9.17) is 0 Å². The predicted octanol–water partition coefficient (Wildman–Crippen LogP) is 9.48. The first kappa shape index (κ1) is 28.2. The molecular weight excluding hydrogens is 312 g/mol. The normalized spacial score (nSPS) is 25.0. The van der Waals surface area contributed by atoms with Crippen LogP contribution in [0.2, 0.25) is 0 Å². The molecule has 0 aliphatic heterocycles. The molecule has 0 aromatic heterocycles. The molecule has 1 aliphatic rings. The molecule has 0 aromatic rings. The Kier molecular flexibility index (Phi) is 16.3. The Hall–Kier alpha value is 0. The highest BCUT2D eigenvalue weighted by Crippen LogP contribution is 2.47. The molecule has 26 heavy (non-hydrogen) atoms. The summed E-state index contributed by atoms with van der Waals surface area (Å²) < 4.78 is 0. The molecule has 160 valence electrons. The summed E-state index contributed by atoms with van der Waals surface area (Å²) in [5, 5.41) is 0. The lowest BCUT2D eigenvalue weighted by Crippen LogP contribution is -2.35. The zero-order chi connectivity index (χ0) is 19.6. The molecule has 5 atom stereocenters. The second-order valence-corrected chi connectivity index (χ2v) is 9.32. The zero-order valence-electron chi connectivity index (χ0n) is 19.6. The Morgan fingerprint density at radius 2 is 1.35 bits per heavy atom. The van der Waals surface area contributed by atoms with Gasteiger partial charge in [0.25, 0.3) is 0 Å². The quantitative estimate of drug-likeness (QED) is 0.340. The lowest BCUT2D eigenvalue weighted by Gasteiger charge is -2.45. The van der Waals surface area contributed by atoms with Gasteiger partial charge < -0.3 is 0 Å². The van der Waals surface area contributed by atoms with Crippen LogP contribution in [0.1, 0.15) is 122 Å². The van der Waals surface area contributed by atoms with Gasteiger partial charge in [-0.15, -0.1) is 0 Å². The van der Waals surface area contributed by atoms with Crippen LogP contribution >= 0.6 is 0 Å². The van der Waals surface area contributed by atoms with Gasteiger partial charge in [-0.3, -0.25) is 0 Å². The molecule has 5 unspecified atom stereocenters. The van der Waals surface area contributed by atoms with Crippen LogP contribution in [0.5, 0.6) is 0 Å². The first-order valence-electron chi connectivity index (χ1n) is 11.8. The molecule has 0 spiro atoms. The Morgan fingerprint density at radius 3 is 1.73 bits per heavy atom. The van der Waals surface area contributed by atoms with Gasteiger partial charge in [0, 0.05) is 0 Å². The smallest absolute Gasteiger partial charge is 0.0360 e. The van der Waals surface area contributed by atoms with Crippen molar-refractivity contribution in [2.75, 3.05) is 0 Å². The van der Waals surface area contributed by atoms with E-state index in [0.717, 1.165) is 47.3 Å². The molecule has 0 amide bonds. The van der Waals surface area contributed by atoms with E-state index < -0.39 is 0 Å². The molecule has 1 fully saturated rings. The SMILES string of the molecule is C.CC.CCCC(C(C)CC)C1CC(CC(C)C(C)C(CC)C(C)C)C1. The van der Waals surface area contributed by atoms with E-state index in [0.29, 0.717) is 0 Å². The summed E-state index contributed by atoms with van der Waals surface area (Å²) in [5.41, 5.74) is 0. The number of hydrogen-bond donors (Lipinski definition) is 0. The van der Waals surface area contributed by atoms with E-state index in [1.165, 1.54) is 44.9 Å². The number of rotatable bonds is 11. The third-order valence-electron chi connectivity index (χ3n) is 7.48. The molecule has 1 rings (SSSR count). The largest absolute Gasteiger partial charge is 0.0776 e. The minimum atomic E-state index is 0. The van der Waals surface area contributed by atoms with Crippen LogP contribution in [0.4, 0.5) is 0 Å². The van der Waals surface area contributed by atoms with Gasteiger partial charge in [0.2, 0.25) is 0 Å². The van der Waals surface area contributed by atoms with Gasteiger partial charge in [-0.2, -0.15) is 0 Å². The fourth-order valence-corrected chi connectivity index (χ4v) is 5.56. The van der Waals surface area contributed by atoms with Crippen LogP contribution in [0.15, 0.2) is 0 Å². The molecule has 0 aromatic carbocycles. The lowest BCUT2D eigenvalue weighted by molar-refractivity contribution is 0.0551. The van der Waals surface area contributed by atoms with Crippen molar-refractivity contribution in [2.45, 2.75) is 122 Å². The topological polar surface area (TPSA) is 0 Å². The molecule has 0 N–H and O–H groups in total. The van der Waals surface area contributed by atoms with Crippen molar-refractivity contribution in [2.24, 2.45) is 47.3 Å². The summed E-state index contributed by atoms with van der Waals surface area (Å²) in [7, 11) is 0. The highest BCUT2D eigenvalue weighted by molar-refractivity contribution is 4.88. The van der Waals surface area contributed by atoms with Gasteiger partial charge in [0.1, 0.15) is 0 Å². The first-order valence-corrected chi connectivity index (χ1v) is 11.8. The maximum absolute atomic E-state index is 2.53. The maximum atomic E-state index is 2.53. The molecule has 0 radical (unpaired) electrons.